The molecule has 0 saturated carbocycles. The van der Waals surface area contributed by atoms with Crippen LogP contribution in [0.1, 0.15) is 19.8 Å². The molecular weight excluding hydrogens is 347 g/mol. The molecule has 4 rings (SSSR count). The summed E-state index contributed by atoms with van der Waals surface area (Å²) in [6.45, 7) is 3.20. The van der Waals surface area contributed by atoms with Crippen LogP contribution in [0.15, 0.2) is 36.4 Å². The summed E-state index contributed by atoms with van der Waals surface area (Å²) < 4.78 is 15.8. The Bertz CT molecular complexity index is 979. The number of carbonyl (C=O) groups is 1. The maximum Gasteiger partial charge on any atom is 0.219 e. The third kappa shape index (κ3) is 3.22. The number of carbonyl (C=O) groups excluding carboxylic acids is 1. The van der Waals surface area contributed by atoms with E-state index in [-0.39, 0.29) is 17.8 Å². The Labute approximate surface area is 156 Å². The molecule has 1 aromatic carbocycles. The smallest absolute Gasteiger partial charge is 0.219 e. The van der Waals surface area contributed by atoms with E-state index in [0.29, 0.717) is 17.0 Å². The number of anilines is 1. The Morgan fingerprint density at radius 2 is 1.89 bits per heavy atom. The Hall–Kier alpha value is -3.03. The van der Waals surface area contributed by atoms with Crippen LogP contribution in [0.3, 0.4) is 0 Å². The van der Waals surface area contributed by atoms with Gasteiger partial charge < -0.3 is 9.80 Å². The number of halogens is 1. The molecule has 1 saturated heterocycles. The number of aromatic nitrogens is 4. The number of amides is 1. The van der Waals surface area contributed by atoms with Crippen molar-refractivity contribution in [1.82, 2.24) is 24.7 Å². The maximum atomic E-state index is 14.2. The normalized spacial score (nSPS) is 15.3. The first kappa shape index (κ1) is 17.4. The van der Waals surface area contributed by atoms with E-state index in [0.717, 1.165) is 31.7 Å². The number of hydrogen-bond donors (Lipinski definition) is 0. The van der Waals surface area contributed by atoms with Crippen molar-refractivity contribution in [2.75, 3.05) is 25.0 Å². The van der Waals surface area contributed by atoms with Crippen molar-refractivity contribution in [2.24, 2.45) is 0 Å². The van der Waals surface area contributed by atoms with Gasteiger partial charge in [-0.3, -0.25) is 4.79 Å². The topological polar surface area (TPSA) is 66.6 Å². The summed E-state index contributed by atoms with van der Waals surface area (Å²) in [6.07, 6.45) is 1.77. The van der Waals surface area contributed by atoms with E-state index in [4.69, 9.17) is 0 Å². The molecule has 0 radical (unpaired) electrons. The van der Waals surface area contributed by atoms with E-state index in [1.807, 2.05) is 24.1 Å². The lowest BCUT2D eigenvalue weighted by Crippen LogP contribution is -2.45. The zero-order valence-electron chi connectivity index (χ0n) is 15.3. The molecule has 0 unspecified atom stereocenters. The molecule has 0 atom stereocenters. The highest BCUT2D eigenvalue weighted by atomic mass is 19.1. The number of rotatable bonds is 3. The van der Waals surface area contributed by atoms with Crippen molar-refractivity contribution in [3.05, 3.63) is 42.2 Å². The molecular formula is C19H21FN6O. The Morgan fingerprint density at radius 1 is 1.15 bits per heavy atom. The number of hydrogen-bond acceptors (Lipinski definition) is 5. The molecule has 140 valence electrons. The van der Waals surface area contributed by atoms with Crippen molar-refractivity contribution >= 4 is 17.4 Å². The van der Waals surface area contributed by atoms with E-state index in [1.165, 1.54) is 6.07 Å². The lowest BCUT2D eigenvalue weighted by Gasteiger charge is -2.36. The third-order valence-electron chi connectivity index (χ3n) is 5.20. The predicted octanol–water partition coefficient (Wildman–Crippen LogP) is 2.38. The fraction of sp³-hybridized carbons (Fsp3) is 0.368. The molecule has 1 aliphatic heterocycles. The summed E-state index contributed by atoms with van der Waals surface area (Å²) >= 11 is 0. The average molecular weight is 368 g/mol. The van der Waals surface area contributed by atoms with E-state index in [2.05, 4.69) is 20.2 Å². The van der Waals surface area contributed by atoms with E-state index in [1.54, 1.807) is 29.6 Å². The number of piperidine rings is 1. The largest absolute Gasteiger partial charge is 0.355 e. The zero-order valence-corrected chi connectivity index (χ0v) is 15.3. The molecule has 0 N–H and O–H groups in total. The number of fused-ring (bicyclic) bond motifs is 1. The van der Waals surface area contributed by atoms with Gasteiger partial charge in [0.2, 0.25) is 5.91 Å². The SMILES string of the molecule is CC(=O)N(C)C1CCN(c2ccc3nnc(-c4ccccc4F)n3n2)CC1. The van der Waals surface area contributed by atoms with Crippen LogP contribution in [0, 0.1) is 5.82 Å². The monoisotopic (exact) mass is 368 g/mol. The first-order chi connectivity index (χ1) is 13.0. The molecule has 3 heterocycles. The number of nitrogens with zero attached hydrogens (tertiary/aromatic N) is 6. The van der Waals surface area contributed by atoms with Gasteiger partial charge in [-0.25, -0.2) is 4.39 Å². The van der Waals surface area contributed by atoms with Gasteiger partial charge in [0.1, 0.15) is 11.6 Å². The maximum absolute atomic E-state index is 14.2. The second-order valence-electron chi connectivity index (χ2n) is 6.81. The Balaban J connectivity index is 1.60. The van der Waals surface area contributed by atoms with Crippen LogP contribution in [0.25, 0.3) is 17.0 Å². The highest BCUT2D eigenvalue weighted by Crippen LogP contribution is 2.24. The summed E-state index contributed by atoms with van der Waals surface area (Å²) in [4.78, 5) is 15.5. The lowest BCUT2D eigenvalue weighted by atomic mass is 10.0. The van der Waals surface area contributed by atoms with Crippen molar-refractivity contribution in [1.29, 1.82) is 0 Å². The highest BCUT2D eigenvalue weighted by molar-refractivity contribution is 5.73. The van der Waals surface area contributed by atoms with Crippen molar-refractivity contribution in [2.45, 2.75) is 25.8 Å². The van der Waals surface area contributed by atoms with Crippen LogP contribution in [-0.2, 0) is 4.79 Å². The van der Waals surface area contributed by atoms with Crippen molar-refractivity contribution in [3.8, 4) is 11.4 Å². The molecule has 0 spiro atoms. The second kappa shape index (κ2) is 6.94. The zero-order chi connectivity index (χ0) is 19.0. The fourth-order valence-corrected chi connectivity index (χ4v) is 3.50. The summed E-state index contributed by atoms with van der Waals surface area (Å²) in [7, 11) is 1.85. The van der Waals surface area contributed by atoms with Gasteiger partial charge >= 0.3 is 0 Å². The fourth-order valence-electron chi connectivity index (χ4n) is 3.50. The van der Waals surface area contributed by atoms with Gasteiger partial charge in [0.05, 0.1) is 5.56 Å². The summed E-state index contributed by atoms with van der Waals surface area (Å²) in [5.74, 6) is 0.916. The molecule has 8 heteroatoms. The van der Waals surface area contributed by atoms with Gasteiger partial charge in [-0.15, -0.1) is 15.3 Å². The molecule has 2 aromatic heterocycles. The summed E-state index contributed by atoms with van der Waals surface area (Å²) in [6, 6.07) is 10.5. The highest BCUT2D eigenvalue weighted by Gasteiger charge is 2.25. The quantitative estimate of drug-likeness (QED) is 0.710. The van der Waals surface area contributed by atoms with E-state index in [9.17, 15) is 9.18 Å². The van der Waals surface area contributed by atoms with Gasteiger partial charge in [0.15, 0.2) is 11.5 Å². The van der Waals surface area contributed by atoms with Crippen molar-refractivity contribution in [3.63, 3.8) is 0 Å². The Kier molecular flexibility index (Phi) is 4.47. The third-order valence-corrected chi connectivity index (χ3v) is 5.20. The van der Waals surface area contributed by atoms with Crippen LogP contribution in [0.4, 0.5) is 10.2 Å². The lowest BCUT2D eigenvalue weighted by molar-refractivity contribution is -0.129. The van der Waals surface area contributed by atoms with E-state index >= 15 is 0 Å². The first-order valence-electron chi connectivity index (χ1n) is 9.00. The summed E-state index contributed by atoms with van der Waals surface area (Å²) in [5, 5.41) is 12.9. The molecule has 1 amide bonds. The number of benzene rings is 1. The van der Waals surface area contributed by atoms with E-state index < -0.39 is 0 Å². The van der Waals surface area contributed by atoms with Gasteiger partial charge in [-0.2, -0.15) is 4.52 Å². The molecule has 0 bridgehead atoms. The predicted molar refractivity (Wildman–Crippen MR) is 99.9 cm³/mol. The minimum absolute atomic E-state index is 0.0898. The van der Waals surface area contributed by atoms with Crippen LogP contribution in [0.2, 0.25) is 0 Å². The Morgan fingerprint density at radius 3 is 2.59 bits per heavy atom. The van der Waals surface area contributed by atoms with Crippen molar-refractivity contribution < 1.29 is 9.18 Å². The minimum Gasteiger partial charge on any atom is -0.355 e. The van der Waals surface area contributed by atoms with Gasteiger partial charge in [-0.1, -0.05) is 12.1 Å². The van der Waals surface area contributed by atoms with Crippen LogP contribution < -0.4 is 4.90 Å². The molecule has 7 nitrogen and oxygen atoms in total. The molecule has 0 aliphatic carbocycles. The van der Waals surface area contributed by atoms with Crippen LogP contribution >= 0.6 is 0 Å². The molecule has 3 aromatic rings. The molecule has 1 aliphatic rings. The average Bonchev–Trinajstić information content (AvgIpc) is 3.11. The van der Waals surface area contributed by atoms with Crippen LogP contribution in [-0.4, -0.2) is 56.8 Å². The van der Waals surface area contributed by atoms with Gasteiger partial charge in [0.25, 0.3) is 0 Å². The molecule has 1 fully saturated rings. The van der Waals surface area contributed by atoms with Gasteiger partial charge in [0, 0.05) is 33.1 Å². The standard InChI is InChI=1S/C19H21FN6O/c1-13(27)24(2)14-9-11-25(12-10-14)18-8-7-17-21-22-19(26(17)23-18)15-5-3-4-6-16(15)20/h3-8,14H,9-12H2,1-2H3. The second-order valence-corrected chi connectivity index (χ2v) is 6.81. The molecule has 27 heavy (non-hydrogen) atoms. The van der Waals surface area contributed by atoms with Gasteiger partial charge in [-0.05, 0) is 37.1 Å². The minimum atomic E-state index is -0.355. The van der Waals surface area contributed by atoms with Crippen LogP contribution in [0.5, 0.6) is 0 Å². The summed E-state index contributed by atoms with van der Waals surface area (Å²) in [5.41, 5.74) is 0.944. The first-order valence-corrected chi connectivity index (χ1v) is 9.00.